The molecule has 0 spiro atoms. The molecule has 0 aliphatic rings. The van der Waals surface area contributed by atoms with Crippen LogP contribution in [0, 0.1) is 11.6 Å². The maximum atomic E-state index is 14.1. The Bertz CT molecular complexity index is 1370. The van der Waals surface area contributed by atoms with Crippen LogP contribution >= 0.6 is 11.6 Å². The van der Waals surface area contributed by atoms with Gasteiger partial charge < -0.3 is 9.55 Å². The molecule has 0 saturated carbocycles. The largest absolute Gasteiger partial charge is 0.360 e. The molecule has 5 rings (SSSR count). The smallest absolute Gasteiger partial charge is 0.160 e. The normalized spacial score (nSPS) is 12.4. The Morgan fingerprint density at radius 3 is 2.42 bits per heavy atom. The lowest BCUT2D eigenvalue weighted by Gasteiger charge is -2.18. The van der Waals surface area contributed by atoms with E-state index in [-0.39, 0.29) is 6.04 Å². The summed E-state index contributed by atoms with van der Waals surface area (Å²) in [5.74, 6) is -1.77. The minimum atomic E-state index is -0.883. The number of rotatable bonds is 4. The highest BCUT2D eigenvalue weighted by atomic mass is 35.5. The predicted octanol–water partition coefficient (Wildman–Crippen LogP) is 7.24. The summed E-state index contributed by atoms with van der Waals surface area (Å²) in [6.45, 7) is 2.07. The summed E-state index contributed by atoms with van der Waals surface area (Å²) in [6.07, 6.45) is 3.56. The first-order chi connectivity index (χ1) is 15.0. The molecule has 154 valence electrons. The van der Waals surface area contributed by atoms with Gasteiger partial charge in [-0.1, -0.05) is 54.1 Å². The average Bonchev–Trinajstić information content (AvgIpc) is 3.38. The van der Waals surface area contributed by atoms with Gasteiger partial charge in [0, 0.05) is 39.3 Å². The fraction of sp³-hybridized carbons (Fsp3) is 0.0800. The molecule has 0 radical (unpaired) electrons. The Morgan fingerprint density at radius 2 is 1.68 bits per heavy atom. The maximum Gasteiger partial charge on any atom is 0.160 e. The fourth-order valence-corrected chi connectivity index (χ4v) is 4.07. The Hall–Kier alpha value is -3.44. The van der Waals surface area contributed by atoms with Gasteiger partial charge in [-0.15, -0.1) is 0 Å². The van der Waals surface area contributed by atoms with Crippen LogP contribution in [-0.4, -0.2) is 14.5 Å². The summed E-state index contributed by atoms with van der Waals surface area (Å²) in [5, 5.41) is 1.27. The van der Waals surface area contributed by atoms with Crippen molar-refractivity contribution in [1.29, 1.82) is 0 Å². The Kier molecular flexibility index (Phi) is 4.83. The quantitative estimate of drug-likeness (QED) is 0.318. The monoisotopic (exact) mass is 433 g/mol. The number of aromatic amines is 1. The zero-order chi connectivity index (χ0) is 21.5. The van der Waals surface area contributed by atoms with Gasteiger partial charge in [0.25, 0.3) is 0 Å². The van der Waals surface area contributed by atoms with E-state index >= 15 is 0 Å². The molecule has 0 unspecified atom stereocenters. The van der Waals surface area contributed by atoms with E-state index in [0.29, 0.717) is 15.9 Å². The Labute approximate surface area is 182 Å². The van der Waals surface area contributed by atoms with Gasteiger partial charge in [0.1, 0.15) is 0 Å². The molecule has 5 aromatic rings. The first-order valence-electron chi connectivity index (χ1n) is 9.87. The summed E-state index contributed by atoms with van der Waals surface area (Å²) in [6, 6.07) is 19.8. The molecular weight excluding hydrogens is 416 g/mol. The Morgan fingerprint density at radius 1 is 0.968 bits per heavy atom. The zero-order valence-corrected chi connectivity index (χ0v) is 17.4. The minimum Gasteiger partial charge on any atom is -0.360 e. The lowest BCUT2D eigenvalue weighted by Crippen LogP contribution is -2.07. The van der Waals surface area contributed by atoms with Gasteiger partial charge in [-0.25, -0.2) is 13.8 Å². The van der Waals surface area contributed by atoms with Crippen LogP contribution in [0.3, 0.4) is 0 Å². The average molecular weight is 434 g/mol. The van der Waals surface area contributed by atoms with Gasteiger partial charge in [0.15, 0.2) is 11.6 Å². The summed E-state index contributed by atoms with van der Waals surface area (Å²) >= 11 is 6.06. The SMILES string of the molecule is C[C@@H](c1ccc(Cl)cc1)n1cnc(-c2ccccc2)c1-c1c[nH]c2cc(F)c(F)cc12. The van der Waals surface area contributed by atoms with Crippen LogP contribution < -0.4 is 0 Å². The van der Waals surface area contributed by atoms with Gasteiger partial charge in [-0.05, 0) is 30.7 Å². The molecule has 2 aromatic heterocycles. The second kappa shape index (κ2) is 7.67. The minimum absolute atomic E-state index is 0.0625. The Balaban J connectivity index is 1.75. The molecule has 6 heteroatoms. The van der Waals surface area contributed by atoms with E-state index in [1.54, 1.807) is 12.5 Å². The van der Waals surface area contributed by atoms with Crippen molar-refractivity contribution < 1.29 is 8.78 Å². The van der Waals surface area contributed by atoms with E-state index in [0.717, 1.165) is 28.1 Å². The molecule has 0 fully saturated rings. The van der Waals surface area contributed by atoms with E-state index in [1.807, 2.05) is 54.6 Å². The van der Waals surface area contributed by atoms with Crippen LogP contribution in [0.1, 0.15) is 18.5 Å². The molecule has 2 heterocycles. The number of fused-ring (bicyclic) bond motifs is 1. The van der Waals surface area contributed by atoms with Gasteiger partial charge in [0.05, 0.1) is 23.8 Å². The number of hydrogen-bond donors (Lipinski definition) is 1. The highest BCUT2D eigenvalue weighted by molar-refractivity contribution is 6.30. The van der Waals surface area contributed by atoms with E-state index < -0.39 is 11.6 Å². The second-order valence-electron chi connectivity index (χ2n) is 7.46. The van der Waals surface area contributed by atoms with Gasteiger partial charge in [-0.2, -0.15) is 0 Å². The molecule has 0 aliphatic heterocycles. The van der Waals surface area contributed by atoms with Crippen molar-refractivity contribution in [2.75, 3.05) is 0 Å². The lowest BCUT2D eigenvalue weighted by molar-refractivity contribution is 0.511. The number of aromatic nitrogens is 3. The zero-order valence-electron chi connectivity index (χ0n) is 16.6. The highest BCUT2D eigenvalue weighted by Gasteiger charge is 2.22. The third-order valence-corrected chi connectivity index (χ3v) is 5.84. The molecule has 3 aromatic carbocycles. The van der Waals surface area contributed by atoms with E-state index in [4.69, 9.17) is 16.6 Å². The van der Waals surface area contributed by atoms with Crippen LogP contribution in [0.4, 0.5) is 8.78 Å². The molecule has 1 atom stereocenters. The molecule has 1 N–H and O–H groups in total. The number of H-pyrrole nitrogens is 1. The van der Waals surface area contributed by atoms with Gasteiger partial charge in [-0.3, -0.25) is 0 Å². The summed E-state index contributed by atoms with van der Waals surface area (Å²) in [4.78, 5) is 7.78. The van der Waals surface area contributed by atoms with Crippen LogP contribution in [0.5, 0.6) is 0 Å². The van der Waals surface area contributed by atoms with Crippen molar-refractivity contribution in [2.24, 2.45) is 0 Å². The number of benzene rings is 3. The van der Waals surface area contributed by atoms with Crippen LogP contribution in [0.2, 0.25) is 5.02 Å². The molecule has 0 aliphatic carbocycles. The van der Waals surface area contributed by atoms with Crippen molar-refractivity contribution in [3.63, 3.8) is 0 Å². The van der Waals surface area contributed by atoms with Crippen molar-refractivity contribution in [3.05, 3.63) is 101 Å². The molecule has 0 saturated heterocycles. The number of imidazole rings is 1. The highest BCUT2D eigenvalue weighted by Crippen LogP contribution is 2.38. The fourth-order valence-electron chi connectivity index (χ4n) is 3.94. The third-order valence-electron chi connectivity index (χ3n) is 5.59. The maximum absolute atomic E-state index is 14.1. The van der Waals surface area contributed by atoms with Crippen LogP contribution in [0.15, 0.2) is 79.3 Å². The molecule has 0 amide bonds. The third kappa shape index (κ3) is 3.41. The van der Waals surface area contributed by atoms with Crippen molar-refractivity contribution in [3.8, 4) is 22.5 Å². The van der Waals surface area contributed by atoms with E-state index in [2.05, 4.69) is 16.5 Å². The molecule has 31 heavy (non-hydrogen) atoms. The van der Waals surface area contributed by atoms with Crippen LogP contribution in [0.25, 0.3) is 33.4 Å². The number of nitrogens with zero attached hydrogens (tertiary/aromatic N) is 2. The first kappa shape index (κ1) is 19.5. The summed E-state index contributed by atoms with van der Waals surface area (Å²) < 4.78 is 29.9. The summed E-state index contributed by atoms with van der Waals surface area (Å²) in [5.41, 5.74) is 4.88. The topological polar surface area (TPSA) is 33.6 Å². The number of hydrogen-bond acceptors (Lipinski definition) is 1. The first-order valence-corrected chi connectivity index (χ1v) is 10.2. The lowest BCUT2D eigenvalue weighted by atomic mass is 10.0. The number of nitrogens with one attached hydrogen (secondary N) is 1. The number of halogens is 3. The molecular formula is C25H18ClF2N3. The standard InChI is InChI=1S/C25H18ClF2N3/c1-15(16-7-9-18(26)10-8-16)31-14-30-24(17-5-3-2-4-6-17)25(31)20-13-29-23-12-22(28)21(27)11-19(20)23/h2-15,29H,1H3/t15-/m0/s1. The molecule has 3 nitrogen and oxygen atoms in total. The van der Waals surface area contributed by atoms with Crippen molar-refractivity contribution >= 4 is 22.5 Å². The van der Waals surface area contributed by atoms with E-state index in [9.17, 15) is 8.78 Å². The van der Waals surface area contributed by atoms with Crippen molar-refractivity contribution in [1.82, 2.24) is 14.5 Å². The second-order valence-corrected chi connectivity index (χ2v) is 7.89. The summed E-state index contributed by atoms with van der Waals surface area (Å²) in [7, 11) is 0. The van der Waals surface area contributed by atoms with Crippen LogP contribution in [-0.2, 0) is 0 Å². The predicted molar refractivity (Wildman–Crippen MR) is 120 cm³/mol. The van der Waals surface area contributed by atoms with Crippen molar-refractivity contribution in [2.45, 2.75) is 13.0 Å². The van der Waals surface area contributed by atoms with Gasteiger partial charge in [0.2, 0.25) is 0 Å². The molecule has 0 bridgehead atoms. The van der Waals surface area contributed by atoms with Gasteiger partial charge >= 0.3 is 0 Å². The van der Waals surface area contributed by atoms with E-state index in [1.165, 1.54) is 12.1 Å².